The van der Waals surface area contributed by atoms with E-state index < -0.39 is 0 Å². The highest BCUT2D eigenvalue weighted by molar-refractivity contribution is 5.80. The zero-order valence-electron chi connectivity index (χ0n) is 16.9. The average Bonchev–Trinajstić information content (AvgIpc) is 3.42. The van der Waals surface area contributed by atoms with Crippen LogP contribution in [0.25, 0.3) is 0 Å². The van der Waals surface area contributed by atoms with Crippen molar-refractivity contribution >= 4 is 5.96 Å². The van der Waals surface area contributed by atoms with Gasteiger partial charge in [0.2, 0.25) is 0 Å². The summed E-state index contributed by atoms with van der Waals surface area (Å²) in [4.78, 5) is 4.82. The first kappa shape index (κ1) is 19.5. The summed E-state index contributed by atoms with van der Waals surface area (Å²) in [7, 11) is 0. The van der Waals surface area contributed by atoms with Gasteiger partial charge in [0.25, 0.3) is 0 Å². The van der Waals surface area contributed by atoms with Crippen molar-refractivity contribution in [1.29, 1.82) is 0 Å². The second kappa shape index (κ2) is 9.10. The van der Waals surface area contributed by atoms with Crippen molar-refractivity contribution < 1.29 is 14.2 Å². The normalized spacial score (nSPS) is 34.6. The van der Waals surface area contributed by atoms with Gasteiger partial charge < -0.3 is 24.8 Å². The smallest absolute Gasteiger partial charge is 0.191 e. The molecule has 2 N–H and O–H groups in total. The molecule has 0 radical (unpaired) electrons. The van der Waals surface area contributed by atoms with Gasteiger partial charge in [-0.15, -0.1) is 0 Å². The fraction of sp³-hybridized carbons (Fsp3) is 0.952. The van der Waals surface area contributed by atoms with Crippen LogP contribution in [0.15, 0.2) is 4.99 Å². The van der Waals surface area contributed by atoms with Crippen LogP contribution in [0.2, 0.25) is 0 Å². The van der Waals surface area contributed by atoms with E-state index in [9.17, 15) is 0 Å². The van der Waals surface area contributed by atoms with Gasteiger partial charge in [-0.1, -0.05) is 12.8 Å². The van der Waals surface area contributed by atoms with E-state index in [1.807, 2.05) is 0 Å². The Bertz CT molecular complexity index is 501. The lowest BCUT2D eigenvalue weighted by Crippen LogP contribution is -2.69. The summed E-state index contributed by atoms with van der Waals surface area (Å²) in [6.07, 6.45) is 9.12. The fourth-order valence-electron chi connectivity index (χ4n) is 5.69. The maximum atomic E-state index is 6.10. The Labute approximate surface area is 163 Å². The molecule has 0 aromatic heterocycles. The number of rotatable bonds is 8. The molecule has 154 valence electrons. The lowest BCUT2D eigenvalue weighted by molar-refractivity contribution is -0.125. The first-order valence-electron chi connectivity index (χ1n) is 11.2. The Kier molecular flexibility index (Phi) is 6.56. The molecule has 2 aliphatic heterocycles. The maximum Gasteiger partial charge on any atom is 0.191 e. The van der Waals surface area contributed by atoms with Crippen LogP contribution in [0.5, 0.6) is 0 Å². The predicted molar refractivity (Wildman–Crippen MR) is 106 cm³/mol. The Morgan fingerprint density at radius 1 is 1.22 bits per heavy atom. The van der Waals surface area contributed by atoms with Gasteiger partial charge in [-0.25, -0.2) is 0 Å². The zero-order chi connectivity index (χ0) is 18.5. The Morgan fingerprint density at radius 2 is 2.11 bits per heavy atom. The van der Waals surface area contributed by atoms with Gasteiger partial charge in [-0.3, -0.25) is 4.99 Å². The number of aliphatic imine (C=N–C) groups is 1. The molecule has 6 heteroatoms. The van der Waals surface area contributed by atoms with E-state index in [1.165, 1.54) is 32.1 Å². The van der Waals surface area contributed by atoms with Crippen molar-refractivity contribution in [3.05, 3.63) is 0 Å². The molecule has 0 amide bonds. The minimum Gasteiger partial charge on any atom is -0.381 e. The minimum absolute atomic E-state index is 0.365. The molecule has 4 atom stereocenters. The zero-order valence-corrected chi connectivity index (χ0v) is 16.9. The number of nitrogens with one attached hydrogen (secondary N) is 2. The predicted octanol–water partition coefficient (Wildman–Crippen LogP) is 2.33. The summed E-state index contributed by atoms with van der Waals surface area (Å²) in [5.41, 5.74) is 0.365. The highest BCUT2D eigenvalue weighted by atomic mass is 16.5. The molecule has 0 aromatic rings. The van der Waals surface area contributed by atoms with Crippen LogP contribution >= 0.6 is 0 Å². The van der Waals surface area contributed by atoms with E-state index in [2.05, 4.69) is 17.6 Å². The quantitative estimate of drug-likeness (QED) is 0.385. The van der Waals surface area contributed by atoms with Crippen LogP contribution in [0.3, 0.4) is 0 Å². The largest absolute Gasteiger partial charge is 0.381 e. The molecule has 4 unspecified atom stereocenters. The summed E-state index contributed by atoms with van der Waals surface area (Å²) in [6, 6.07) is 0.531. The maximum absolute atomic E-state index is 6.10. The molecule has 6 nitrogen and oxygen atoms in total. The monoisotopic (exact) mass is 379 g/mol. The van der Waals surface area contributed by atoms with Crippen LogP contribution in [-0.2, 0) is 14.2 Å². The van der Waals surface area contributed by atoms with Crippen LogP contribution in [0.1, 0.15) is 51.9 Å². The number of fused-ring (bicyclic) bond motifs is 2. The van der Waals surface area contributed by atoms with Gasteiger partial charge in [-0.05, 0) is 39.0 Å². The third kappa shape index (κ3) is 4.13. The van der Waals surface area contributed by atoms with Crippen molar-refractivity contribution in [2.45, 2.75) is 64.0 Å². The van der Waals surface area contributed by atoms with Gasteiger partial charge in [0.05, 0.1) is 19.3 Å². The van der Waals surface area contributed by atoms with Gasteiger partial charge in [-0.2, -0.15) is 0 Å². The molecular weight excluding hydrogens is 342 g/mol. The molecule has 4 rings (SSSR count). The fourth-order valence-corrected chi connectivity index (χ4v) is 5.69. The van der Waals surface area contributed by atoms with E-state index in [1.54, 1.807) is 0 Å². The van der Waals surface area contributed by atoms with Crippen molar-refractivity contribution in [2.75, 3.05) is 46.1 Å². The Morgan fingerprint density at radius 3 is 2.89 bits per heavy atom. The van der Waals surface area contributed by atoms with Crippen molar-refractivity contribution in [2.24, 2.45) is 22.2 Å². The third-order valence-electron chi connectivity index (χ3n) is 7.02. The summed E-state index contributed by atoms with van der Waals surface area (Å²) < 4.78 is 17.3. The second-order valence-electron chi connectivity index (χ2n) is 8.72. The Hall–Kier alpha value is -0.850. The van der Waals surface area contributed by atoms with Crippen LogP contribution in [-0.4, -0.2) is 64.2 Å². The number of hydrogen-bond donors (Lipinski definition) is 2. The number of nitrogens with zero attached hydrogens (tertiary/aromatic N) is 1. The van der Waals surface area contributed by atoms with E-state index in [0.717, 1.165) is 64.9 Å². The summed E-state index contributed by atoms with van der Waals surface area (Å²) >= 11 is 0. The highest BCUT2D eigenvalue weighted by Crippen LogP contribution is 2.60. The van der Waals surface area contributed by atoms with Crippen molar-refractivity contribution in [3.8, 4) is 0 Å². The summed E-state index contributed by atoms with van der Waals surface area (Å²) in [5.74, 6) is 2.24. The van der Waals surface area contributed by atoms with E-state index >= 15 is 0 Å². The molecule has 1 spiro atoms. The van der Waals surface area contributed by atoms with Gasteiger partial charge in [0.1, 0.15) is 0 Å². The Balaban J connectivity index is 1.24. The molecule has 0 bridgehead atoms. The first-order chi connectivity index (χ1) is 13.3. The number of hydrogen-bond acceptors (Lipinski definition) is 4. The molecule has 2 heterocycles. The highest BCUT2D eigenvalue weighted by Gasteiger charge is 2.65. The van der Waals surface area contributed by atoms with E-state index in [-0.39, 0.29) is 0 Å². The van der Waals surface area contributed by atoms with Gasteiger partial charge >= 0.3 is 0 Å². The molecule has 4 fully saturated rings. The first-order valence-corrected chi connectivity index (χ1v) is 11.2. The number of guanidine groups is 1. The van der Waals surface area contributed by atoms with Crippen molar-refractivity contribution in [3.63, 3.8) is 0 Å². The van der Waals surface area contributed by atoms with E-state index in [4.69, 9.17) is 19.2 Å². The molecule has 2 saturated heterocycles. The lowest BCUT2D eigenvalue weighted by atomic mass is 9.54. The molecule has 27 heavy (non-hydrogen) atoms. The van der Waals surface area contributed by atoms with Gasteiger partial charge in [0.15, 0.2) is 5.96 Å². The van der Waals surface area contributed by atoms with Gasteiger partial charge in [0, 0.05) is 56.2 Å². The standard InChI is InChI=1S/C21H37N3O3/c1-2-22-20(23-10-5-11-25-14-16-6-12-26-15-16)24-18-17-7-13-27-19(17)21(18)8-3-4-9-21/h16-19H,2-15H2,1H3,(H2,22,23,24). The average molecular weight is 380 g/mol. The summed E-state index contributed by atoms with van der Waals surface area (Å²) in [6.45, 7) is 8.15. The third-order valence-corrected chi connectivity index (χ3v) is 7.02. The molecule has 0 aromatic carbocycles. The topological polar surface area (TPSA) is 64.1 Å². The number of ether oxygens (including phenoxy) is 3. The molecule has 2 aliphatic carbocycles. The minimum atomic E-state index is 0.365. The van der Waals surface area contributed by atoms with Crippen LogP contribution in [0, 0.1) is 17.3 Å². The lowest BCUT2D eigenvalue weighted by Gasteiger charge is -2.57. The van der Waals surface area contributed by atoms with Crippen molar-refractivity contribution in [1.82, 2.24) is 10.6 Å². The second-order valence-corrected chi connectivity index (χ2v) is 8.72. The molecule has 2 saturated carbocycles. The SMILES string of the molecule is CCNC(=NCCCOCC1CCOC1)NC1C2CCOC2C12CCCC2. The van der Waals surface area contributed by atoms with E-state index in [0.29, 0.717) is 29.4 Å². The summed E-state index contributed by atoms with van der Waals surface area (Å²) in [5, 5.41) is 7.24. The molecular formula is C21H37N3O3. The molecule has 4 aliphatic rings. The van der Waals surface area contributed by atoms with Crippen LogP contribution < -0.4 is 10.6 Å². The van der Waals surface area contributed by atoms with Crippen LogP contribution in [0.4, 0.5) is 0 Å².